The average Bonchev–Trinajstić information content (AvgIpc) is 2.88. The van der Waals surface area contributed by atoms with Crippen molar-refractivity contribution >= 4 is 11.9 Å². The maximum Gasteiger partial charge on any atom is 0.303 e. The van der Waals surface area contributed by atoms with E-state index in [1.807, 2.05) is 0 Å². The Bertz CT molecular complexity index is 378. The second kappa shape index (κ2) is 4.25. The van der Waals surface area contributed by atoms with Crippen molar-refractivity contribution in [2.45, 2.75) is 38.5 Å². The molecule has 0 amide bonds. The summed E-state index contributed by atoms with van der Waals surface area (Å²) >= 11 is 0. The standard InChI is InChI=1S/C14H20O4/c15-12(16)5-7-1-2-10-8-3-9(6-13(17)18)11(4-8)14(7)10/h7-11,14H,1-6H2,(H,15,16)(H,17,18). The molecule has 0 radical (unpaired) electrons. The molecule has 18 heavy (non-hydrogen) atoms. The molecule has 0 saturated heterocycles. The molecule has 0 aliphatic heterocycles. The van der Waals surface area contributed by atoms with Crippen molar-refractivity contribution in [3.05, 3.63) is 0 Å². The van der Waals surface area contributed by atoms with Crippen molar-refractivity contribution in [2.75, 3.05) is 0 Å². The van der Waals surface area contributed by atoms with Crippen molar-refractivity contribution in [1.29, 1.82) is 0 Å². The summed E-state index contributed by atoms with van der Waals surface area (Å²) in [5, 5.41) is 17.9. The highest BCUT2D eigenvalue weighted by atomic mass is 16.4. The molecule has 0 heterocycles. The molecule has 3 aliphatic carbocycles. The quantitative estimate of drug-likeness (QED) is 0.804. The third-order valence-corrected chi connectivity index (χ3v) is 5.67. The van der Waals surface area contributed by atoms with Gasteiger partial charge < -0.3 is 10.2 Å². The van der Waals surface area contributed by atoms with Crippen LogP contribution in [0.3, 0.4) is 0 Å². The van der Waals surface area contributed by atoms with Crippen LogP contribution in [0.2, 0.25) is 0 Å². The Balaban J connectivity index is 1.73. The lowest BCUT2D eigenvalue weighted by Gasteiger charge is -2.33. The average molecular weight is 252 g/mol. The number of hydrogen-bond acceptors (Lipinski definition) is 2. The summed E-state index contributed by atoms with van der Waals surface area (Å²) in [7, 11) is 0. The fourth-order valence-electron chi connectivity index (χ4n) is 5.30. The van der Waals surface area contributed by atoms with Crippen LogP contribution in [-0.4, -0.2) is 22.2 Å². The number of carboxylic acids is 2. The van der Waals surface area contributed by atoms with Gasteiger partial charge in [0.1, 0.15) is 0 Å². The van der Waals surface area contributed by atoms with Gasteiger partial charge in [0, 0.05) is 12.8 Å². The molecule has 100 valence electrons. The van der Waals surface area contributed by atoms with Gasteiger partial charge in [0.2, 0.25) is 0 Å². The van der Waals surface area contributed by atoms with E-state index < -0.39 is 11.9 Å². The smallest absolute Gasteiger partial charge is 0.303 e. The molecule has 3 rings (SSSR count). The molecular weight excluding hydrogens is 232 g/mol. The predicted molar refractivity (Wildman–Crippen MR) is 63.9 cm³/mol. The zero-order valence-electron chi connectivity index (χ0n) is 10.4. The summed E-state index contributed by atoms with van der Waals surface area (Å²) in [5.74, 6) is 1.59. The zero-order valence-corrected chi connectivity index (χ0v) is 10.4. The van der Waals surface area contributed by atoms with Gasteiger partial charge in [-0.05, 0) is 61.2 Å². The molecule has 6 unspecified atom stereocenters. The monoisotopic (exact) mass is 252 g/mol. The second-order valence-electron chi connectivity index (χ2n) is 6.43. The van der Waals surface area contributed by atoms with Gasteiger partial charge >= 0.3 is 11.9 Å². The first-order chi connectivity index (χ1) is 8.56. The first kappa shape index (κ1) is 12.0. The molecule has 3 aliphatic rings. The van der Waals surface area contributed by atoms with Crippen molar-refractivity contribution in [3.63, 3.8) is 0 Å². The summed E-state index contributed by atoms with van der Waals surface area (Å²) in [4.78, 5) is 21.8. The van der Waals surface area contributed by atoms with Gasteiger partial charge in [0.05, 0.1) is 0 Å². The summed E-state index contributed by atoms with van der Waals surface area (Å²) in [6, 6.07) is 0. The summed E-state index contributed by atoms with van der Waals surface area (Å²) < 4.78 is 0. The van der Waals surface area contributed by atoms with Gasteiger partial charge in [-0.2, -0.15) is 0 Å². The third-order valence-electron chi connectivity index (χ3n) is 5.67. The third kappa shape index (κ3) is 1.82. The van der Waals surface area contributed by atoms with Crippen molar-refractivity contribution in [3.8, 4) is 0 Å². The second-order valence-corrected chi connectivity index (χ2v) is 6.43. The Hall–Kier alpha value is -1.06. The number of aliphatic carboxylic acids is 2. The van der Waals surface area contributed by atoms with E-state index in [1.54, 1.807) is 0 Å². The van der Waals surface area contributed by atoms with Gasteiger partial charge in [0.25, 0.3) is 0 Å². The predicted octanol–water partition coefficient (Wildman–Crippen LogP) is 2.23. The minimum Gasteiger partial charge on any atom is -0.481 e. The van der Waals surface area contributed by atoms with E-state index >= 15 is 0 Å². The topological polar surface area (TPSA) is 74.6 Å². The van der Waals surface area contributed by atoms with Gasteiger partial charge in [0.15, 0.2) is 0 Å². The molecule has 4 nitrogen and oxygen atoms in total. The number of carboxylic acid groups (broad SMARTS) is 2. The SMILES string of the molecule is O=C(O)CC1CC2CC1C1C(CC(=O)O)CCC21. The fourth-order valence-corrected chi connectivity index (χ4v) is 5.30. The molecule has 2 N–H and O–H groups in total. The van der Waals surface area contributed by atoms with Crippen LogP contribution in [0.25, 0.3) is 0 Å². The molecule has 0 aromatic carbocycles. The highest BCUT2D eigenvalue weighted by Gasteiger charge is 2.57. The number of rotatable bonds is 4. The van der Waals surface area contributed by atoms with Crippen LogP contribution in [0.15, 0.2) is 0 Å². The number of fused-ring (bicyclic) bond motifs is 5. The van der Waals surface area contributed by atoms with E-state index in [0.717, 1.165) is 19.3 Å². The Morgan fingerprint density at radius 3 is 2.22 bits per heavy atom. The largest absolute Gasteiger partial charge is 0.481 e. The minimum atomic E-state index is -0.697. The maximum absolute atomic E-state index is 10.9. The number of hydrogen-bond donors (Lipinski definition) is 2. The summed E-state index contributed by atoms with van der Waals surface area (Å²) in [6.07, 6.45) is 4.99. The lowest BCUT2D eigenvalue weighted by atomic mass is 9.71. The fraction of sp³-hybridized carbons (Fsp3) is 0.857. The van der Waals surface area contributed by atoms with Crippen molar-refractivity contribution in [2.24, 2.45) is 35.5 Å². The first-order valence-corrected chi connectivity index (χ1v) is 7.00. The van der Waals surface area contributed by atoms with E-state index in [9.17, 15) is 9.59 Å². The molecular formula is C14H20O4. The van der Waals surface area contributed by atoms with E-state index in [-0.39, 0.29) is 12.8 Å². The Kier molecular flexibility index (Phi) is 2.83. The van der Waals surface area contributed by atoms with Crippen LogP contribution in [0.5, 0.6) is 0 Å². The summed E-state index contributed by atoms with van der Waals surface area (Å²) in [6.45, 7) is 0. The van der Waals surface area contributed by atoms with Crippen molar-refractivity contribution in [1.82, 2.24) is 0 Å². The van der Waals surface area contributed by atoms with E-state index in [1.165, 1.54) is 6.42 Å². The van der Waals surface area contributed by atoms with E-state index in [2.05, 4.69) is 0 Å². The van der Waals surface area contributed by atoms with Gasteiger partial charge in [-0.25, -0.2) is 0 Å². The lowest BCUT2D eigenvalue weighted by molar-refractivity contribution is -0.140. The highest BCUT2D eigenvalue weighted by Crippen LogP contribution is 2.63. The lowest BCUT2D eigenvalue weighted by Crippen LogP contribution is -2.30. The first-order valence-electron chi connectivity index (χ1n) is 7.00. The molecule has 0 aromatic rings. The van der Waals surface area contributed by atoms with Crippen LogP contribution in [0, 0.1) is 35.5 Å². The molecule has 4 heteroatoms. The highest BCUT2D eigenvalue weighted by molar-refractivity contribution is 5.67. The molecule has 6 atom stereocenters. The zero-order chi connectivity index (χ0) is 12.9. The van der Waals surface area contributed by atoms with Crippen LogP contribution >= 0.6 is 0 Å². The summed E-state index contributed by atoms with van der Waals surface area (Å²) in [5.41, 5.74) is 0. The van der Waals surface area contributed by atoms with Crippen LogP contribution in [0.4, 0.5) is 0 Å². The maximum atomic E-state index is 10.9. The minimum absolute atomic E-state index is 0.282. The Morgan fingerprint density at radius 2 is 1.56 bits per heavy atom. The molecule has 2 bridgehead atoms. The van der Waals surface area contributed by atoms with Gasteiger partial charge in [-0.15, -0.1) is 0 Å². The molecule has 0 aromatic heterocycles. The molecule has 3 fully saturated rings. The van der Waals surface area contributed by atoms with Gasteiger partial charge in [-0.3, -0.25) is 9.59 Å². The van der Waals surface area contributed by atoms with E-state index in [0.29, 0.717) is 35.5 Å². The Morgan fingerprint density at radius 1 is 0.889 bits per heavy atom. The van der Waals surface area contributed by atoms with Crippen LogP contribution in [0.1, 0.15) is 38.5 Å². The van der Waals surface area contributed by atoms with E-state index in [4.69, 9.17) is 10.2 Å². The Labute approximate surface area is 106 Å². The number of carbonyl (C=O) groups is 2. The van der Waals surface area contributed by atoms with Crippen LogP contribution in [-0.2, 0) is 9.59 Å². The molecule has 0 spiro atoms. The van der Waals surface area contributed by atoms with Crippen molar-refractivity contribution < 1.29 is 19.8 Å². The van der Waals surface area contributed by atoms with Gasteiger partial charge in [-0.1, -0.05) is 0 Å². The van der Waals surface area contributed by atoms with Crippen LogP contribution < -0.4 is 0 Å². The normalized spacial score (nSPS) is 45.1. The molecule has 3 saturated carbocycles.